The van der Waals surface area contributed by atoms with E-state index < -0.39 is 7.60 Å². The number of hydrogen-bond acceptors (Lipinski definition) is 4. The van der Waals surface area contributed by atoms with Gasteiger partial charge in [0.25, 0.3) is 0 Å². The van der Waals surface area contributed by atoms with Gasteiger partial charge in [-0.3, -0.25) is 4.57 Å². The Kier molecular flexibility index (Phi) is 12.3. The van der Waals surface area contributed by atoms with Crippen molar-refractivity contribution >= 4 is 19.4 Å². The summed E-state index contributed by atoms with van der Waals surface area (Å²) in [7, 11) is -3.17. The lowest BCUT2D eigenvalue weighted by Gasteiger charge is -2.16. The molecule has 0 N–H and O–H groups in total. The highest BCUT2D eigenvalue weighted by Crippen LogP contribution is 2.52. The van der Waals surface area contributed by atoms with Crippen LogP contribution in [0.25, 0.3) is 0 Å². The van der Waals surface area contributed by atoms with E-state index in [2.05, 4.69) is 38.1 Å². The van der Waals surface area contributed by atoms with Crippen molar-refractivity contribution in [2.24, 2.45) is 0 Å². The van der Waals surface area contributed by atoms with Gasteiger partial charge in [0.1, 0.15) is 0 Å². The van der Waals surface area contributed by atoms with Gasteiger partial charge in [-0.1, -0.05) is 68.5 Å². The summed E-state index contributed by atoms with van der Waals surface area (Å²) in [6.07, 6.45) is 8.37. The zero-order chi connectivity index (χ0) is 19.3. The maximum absolute atomic E-state index is 12.9. The van der Waals surface area contributed by atoms with Crippen molar-refractivity contribution in [1.29, 1.82) is 0 Å². The van der Waals surface area contributed by atoms with Gasteiger partial charge in [-0.25, -0.2) is 0 Å². The van der Waals surface area contributed by atoms with Gasteiger partial charge in [0.05, 0.1) is 13.2 Å². The Bertz CT molecular complexity index is 559. The Morgan fingerprint density at radius 1 is 0.962 bits per heavy atom. The second-order valence-electron chi connectivity index (χ2n) is 6.40. The first-order valence-corrected chi connectivity index (χ1v) is 12.3. The second kappa shape index (κ2) is 13.6. The van der Waals surface area contributed by atoms with Crippen LogP contribution in [0.15, 0.2) is 39.9 Å². The van der Waals surface area contributed by atoms with E-state index in [-0.39, 0.29) is 0 Å². The molecule has 0 spiro atoms. The van der Waals surface area contributed by atoms with Gasteiger partial charge in [-0.2, -0.15) is 0 Å². The molecule has 26 heavy (non-hydrogen) atoms. The average molecular weight is 399 g/mol. The molecule has 5 heteroatoms. The van der Waals surface area contributed by atoms with E-state index in [9.17, 15) is 4.57 Å². The molecule has 0 bridgehead atoms. The first-order chi connectivity index (χ1) is 12.5. The molecule has 0 amide bonds. The van der Waals surface area contributed by atoms with Gasteiger partial charge in [0, 0.05) is 10.7 Å². The van der Waals surface area contributed by atoms with Gasteiger partial charge >= 0.3 is 7.60 Å². The monoisotopic (exact) mass is 398 g/mol. The predicted octanol–water partition coefficient (Wildman–Crippen LogP) is 7.95. The average Bonchev–Trinajstić information content (AvgIpc) is 2.60. The predicted molar refractivity (Wildman–Crippen MR) is 114 cm³/mol. The number of hydrogen-bond donors (Lipinski definition) is 0. The van der Waals surface area contributed by atoms with E-state index in [0.717, 1.165) is 22.6 Å². The molecule has 0 heterocycles. The normalized spacial score (nSPS) is 12.5. The van der Waals surface area contributed by atoms with Gasteiger partial charge in [-0.15, -0.1) is 0 Å². The number of unbranched alkanes of at least 4 members (excludes halogenated alkanes) is 5. The molecule has 1 aromatic rings. The minimum atomic E-state index is -3.17. The van der Waals surface area contributed by atoms with Gasteiger partial charge in [0.2, 0.25) is 0 Å². The molecule has 0 atom stereocenters. The zero-order valence-corrected chi connectivity index (χ0v) is 18.5. The summed E-state index contributed by atoms with van der Waals surface area (Å²) in [4.78, 5) is 2.24. The molecule has 1 aromatic carbocycles. The smallest absolute Gasteiger partial charge is 0.306 e. The second-order valence-corrected chi connectivity index (χ2v) is 9.46. The van der Waals surface area contributed by atoms with Crippen LogP contribution in [0, 0.1) is 6.92 Å². The number of benzene rings is 1. The fraction of sp³-hybridized carbons (Fsp3) is 0.619. The highest BCUT2D eigenvalue weighted by atomic mass is 32.2. The van der Waals surface area contributed by atoms with Crippen LogP contribution in [0.1, 0.15) is 71.3 Å². The summed E-state index contributed by atoms with van der Waals surface area (Å²) in [6, 6.07) is 8.44. The molecule has 0 aliphatic rings. The van der Waals surface area contributed by atoms with Crippen molar-refractivity contribution in [2.45, 2.75) is 77.5 Å². The Morgan fingerprint density at radius 3 is 2.12 bits per heavy atom. The lowest BCUT2D eigenvalue weighted by molar-refractivity contribution is 0.228. The van der Waals surface area contributed by atoms with E-state index >= 15 is 0 Å². The molecule has 3 nitrogen and oxygen atoms in total. The van der Waals surface area contributed by atoms with E-state index in [0.29, 0.717) is 13.2 Å². The van der Waals surface area contributed by atoms with Crippen LogP contribution in [0.2, 0.25) is 0 Å². The highest BCUT2D eigenvalue weighted by Gasteiger charge is 2.21. The Morgan fingerprint density at radius 2 is 1.54 bits per heavy atom. The van der Waals surface area contributed by atoms with Crippen LogP contribution in [-0.4, -0.2) is 13.2 Å². The molecule has 148 valence electrons. The van der Waals surface area contributed by atoms with E-state index in [1.807, 2.05) is 13.8 Å². The molecule has 0 unspecified atom stereocenters. The molecular weight excluding hydrogens is 363 g/mol. The van der Waals surface area contributed by atoms with Gasteiger partial charge in [0.15, 0.2) is 0 Å². The molecule has 0 saturated heterocycles. The van der Waals surface area contributed by atoms with Crippen molar-refractivity contribution in [2.75, 3.05) is 13.2 Å². The van der Waals surface area contributed by atoms with Crippen LogP contribution in [-0.2, 0) is 13.6 Å². The van der Waals surface area contributed by atoms with Gasteiger partial charge in [-0.05, 0) is 50.7 Å². The molecule has 0 aliphatic carbocycles. The number of rotatable bonds is 14. The largest absolute Gasteiger partial charge is 0.354 e. The minimum absolute atomic E-state index is 0.382. The Labute approximate surface area is 164 Å². The highest BCUT2D eigenvalue weighted by molar-refractivity contribution is 8.03. The third-order valence-electron chi connectivity index (χ3n) is 3.97. The molecule has 0 radical (unpaired) electrons. The molecule has 0 aromatic heterocycles. The third kappa shape index (κ3) is 9.97. The van der Waals surface area contributed by atoms with E-state index in [1.165, 1.54) is 37.7 Å². The fourth-order valence-corrected chi connectivity index (χ4v) is 5.47. The summed E-state index contributed by atoms with van der Waals surface area (Å²) in [5.74, 6) is 1.75. The van der Waals surface area contributed by atoms with Crippen LogP contribution in [0.5, 0.6) is 0 Å². The first-order valence-electron chi connectivity index (χ1n) is 9.88. The SMILES string of the molecule is CCCCCCCC/C(=C/P(=O)(OCC)OCC)Sc1ccc(C)cc1. The maximum Gasteiger partial charge on any atom is 0.354 e. The maximum atomic E-state index is 12.9. The fourth-order valence-electron chi connectivity index (χ4n) is 2.63. The summed E-state index contributed by atoms with van der Waals surface area (Å²) in [5, 5.41) is 0. The number of thioether (sulfide) groups is 1. The summed E-state index contributed by atoms with van der Waals surface area (Å²) in [6.45, 7) is 8.78. The van der Waals surface area contributed by atoms with Crippen molar-refractivity contribution in [3.05, 3.63) is 40.6 Å². The summed E-state index contributed by atoms with van der Waals surface area (Å²) >= 11 is 1.67. The van der Waals surface area contributed by atoms with Crippen molar-refractivity contribution in [3.8, 4) is 0 Å². The van der Waals surface area contributed by atoms with Crippen LogP contribution in [0.3, 0.4) is 0 Å². The standard InChI is InChI=1S/C21H35O3PS/c1-5-8-9-10-11-12-13-21(18-25(22,23-6-2)24-7-3)26-20-16-14-19(4)15-17-20/h14-18H,5-13H2,1-4H3/b21-18-. The number of aryl methyl sites for hydroxylation is 1. The zero-order valence-electron chi connectivity index (χ0n) is 16.8. The Hall–Kier alpha value is -0.540. The van der Waals surface area contributed by atoms with Crippen LogP contribution >= 0.6 is 19.4 Å². The quantitative estimate of drug-likeness (QED) is 0.181. The lowest BCUT2D eigenvalue weighted by atomic mass is 10.1. The van der Waals surface area contributed by atoms with Crippen molar-refractivity contribution in [1.82, 2.24) is 0 Å². The summed E-state index contributed by atoms with van der Waals surface area (Å²) in [5.41, 5.74) is 1.24. The topological polar surface area (TPSA) is 35.5 Å². The molecule has 0 aliphatic heterocycles. The number of allylic oxidation sites excluding steroid dienone is 1. The minimum Gasteiger partial charge on any atom is -0.306 e. The van der Waals surface area contributed by atoms with Crippen molar-refractivity contribution < 1.29 is 13.6 Å². The molecular formula is C21H35O3PS. The summed E-state index contributed by atoms with van der Waals surface area (Å²) < 4.78 is 23.8. The van der Waals surface area contributed by atoms with Gasteiger partial charge < -0.3 is 9.05 Å². The third-order valence-corrected chi connectivity index (χ3v) is 7.10. The van der Waals surface area contributed by atoms with Crippen LogP contribution < -0.4 is 0 Å². The molecule has 0 fully saturated rings. The molecule has 1 rings (SSSR count). The Balaban J connectivity index is 2.80. The first kappa shape index (κ1) is 23.5. The van der Waals surface area contributed by atoms with Crippen molar-refractivity contribution in [3.63, 3.8) is 0 Å². The van der Waals surface area contributed by atoms with E-state index in [1.54, 1.807) is 17.6 Å². The molecule has 0 saturated carbocycles. The lowest BCUT2D eigenvalue weighted by Crippen LogP contribution is -1.94. The van der Waals surface area contributed by atoms with Crippen LogP contribution in [0.4, 0.5) is 0 Å². The van der Waals surface area contributed by atoms with E-state index in [4.69, 9.17) is 9.05 Å².